The second-order valence-electron chi connectivity index (χ2n) is 8.29. The molecule has 3 aromatic carbocycles. The van der Waals surface area contributed by atoms with Crippen molar-refractivity contribution >= 4 is 28.2 Å². The van der Waals surface area contributed by atoms with Crippen LogP contribution in [0.1, 0.15) is 12.8 Å². The summed E-state index contributed by atoms with van der Waals surface area (Å²) >= 11 is 0. The number of para-hydroxylation sites is 1. The molecule has 1 fully saturated rings. The van der Waals surface area contributed by atoms with Gasteiger partial charge in [-0.15, -0.1) is 0 Å². The lowest BCUT2D eigenvalue weighted by molar-refractivity contribution is 0.181. The van der Waals surface area contributed by atoms with Crippen molar-refractivity contribution in [1.29, 1.82) is 0 Å². The van der Waals surface area contributed by atoms with E-state index in [0.29, 0.717) is 12.0 Å². The van der Waals surface area contributed by atoms with Crippen molar-refractivity contribution in [2.75, 3.05) is 37.6 Å². The minimum atomic E-state index is 0.425. The van der Waals surface area contributed by atoms with Gasteiger partial charge in [-0.3, -0.25) is 0 Å². The van der Waals surface area contributed by atoms with Gasteiger partial charge in [0.05, 0.1) is 25.3 Å². The van der Waals surface area contributed by atoms with Crippen molar-refractivity contribution in [2.45, 2.75) is 18.9 Å². The van der Waals surface area contributed by atoms with E-state index in [1.165, 1.54) is 12.1 Å². The topological polar surface area (TPSA) is 59.5 Å². The third kappa shape index (κ3) is 4.47. The first kappa shape index (κ1) is 21.2. The highest BCUT2D eigenvalue weighted by molar-refractivity contribution is 5.94. The molecule has 33 heavy (non-hydrogen) atoms. The fraction of sp³-hybridized carbons (Fsp3) is 0.259. The first-order valence-electron chi connectivity index (χ1n) is 11.3. The fourth-order valence-electron chi connectivity index (χ4n) is 4.55. The highest BCUT2D eigenvalue weighted by Gasteiger charge is 2.24. The van der Waals surface area contributed by atoms with Crippen LogP contribution >= 0.6 is 0 Å². The van der Waals surface area contributed by atoms with Crippen LogP contribution in [-0.2, 0) is 4.74 Å². The normalized spacial score (nSPS) is 15.7. The molecule has 0 amide bonds. The first-order valence-corrected chi connectivity index (χ1v) is 11.3. The molecule has 0 bridgehead atoms. The van der Waals surface area contributed by atoms with E-state index >= 15 is 0 Å². The van der Waals surface area contributed by atoms with Crippen LogP contribution in [-0.4, -0.2) is 43.4 Å². The van der Waals surface area contributed by atoms with Crippen molar-refractivity contribution in [3.8, 4) is 16.9 Å². The highest BCUT2D eigenvalue weighted by atomic mass is 16.5. The van der Waals surface area contributed by atoms with Gasteiger partial charge >= 0.3 is 0 Å². The monoisotopic (exact) mass is 440 g/mol. The predicted molar refractivity (Wildman–Crippen MR) is 133 cm³/mol. The molecule has 1 aliphatic rings. The van der Waals surface area contributed by atoms with Crippen molar-refractivity contribution < 1.29 is 9.47 Å². The molecule has 1 aliphatic heterocycles. The molecule has 0 aliphatic carbocycles. The molecule has 0 saturated carbocycles. The summed E-state index contributed by atoms with van der Waals surface area (Å²) in [6.45, 7) is 1.80. The van der Waals surface area contributed by atoms with Gasteiger partial charge in [-0.2, -0.15) is 0 Å². The maximum Gasteiger partial charge on any atom is 0.227 e. The van der Waals surface area contributed by atoms with Gasteiger partial charge in [0.25, 0.3) is 0 Å². The summed E-state index contributed by atoms with van der Waals surface area (Å²) in [5.74, 6) is 1.41. The Labute approximate surface area is 194 Å². The quantitative estimate of drug-likeness (QED) is 0.400. The Morgan fingerprint density at radius 2 is 1.88 bits per heavy atom. The second kappa shape index (κ2) is 9.46. The van der Waals surface area contributed by atoms with E-state index in [0.717, 1.165) is 53.0 Å². The lowest BCUT2D eigenvalue weighted by Gasteiger charge is -2.26. The van der Waals surface area contributed by atoms with Gasteiger partial charge in [-0.1, -0.05) is 36.4 Å². The van der Waals surface area contributed by atoms with E-state index in [4.69, 9.17) is 14.5 Å². The standard InChI is InChI=1S/C27H28N4O2/c1-32-18-23-9-5-15-31(23)22-8-4-7-21(16-22)29-27-28-17-20-6-3-10-25(26(20)30-27)19-11-13-24(33-2)14-12-19/h3-4,6-8,10-14,16-17,23H,5,9,15,18H2,1-2H3,(H,28,29,30). The number of hydrogen-bond donors (Lipinski definition) is 1. The summed E-state index contributed by atoms with van der Waals surface area (Å²) in [5, 5.41) is 4.41. The molecule has 4 aromatic rings. The molecule has 0 spiro atoms. The van der Waals surface area contributed by atoms with Crippen LogP contribution in [0.2, 0.25) is 0 Å². The Balaban J connectivity index is 1.44. The van der Waals surface area contributed by atoms with Crippen LogP contribution in [0, 0.1) is 0 Å². The Morgan fingerprint density at radius 1 is 1.03 bits per heavy atom. The third-order valence-corrected chi connectivity index (χ3v) is 6.18. The van der Waals surface area contributed by atoms with E-state index in [-0.39, 0.29) is 0 Å². The third-order valence-electron chi connectivity index (χ3n) is 6.18. The molecule has 1 unspecified atom stereocenters. The van der Waals surface area contributed by atoms with Gasteiger partial charge in [-0.25, -0.2) is 9.97 Å². The summed E-state index contributed by atoms with van der Waals surface area (Å²) in [7, 11) is 3.44. The molecule has 1 saturated heterocycles. The van der Waals surface area contributed by atoms with Gasteiger partial charge in [-0.05, 0) is 48.7 Å². The van der Waals surface area contributed by atoms with Gasteiger partial charge < -0.3 is 19.7 Å². The Morgan fingerprint density at radius 3 is 2.70 bits per heavy atom. The van der Waals surface area contributed by atoms with Crippen molar-refractivity contribution in [2.24, 2.45) is 0 Å². The molecular weight excluding hydrogens is 412 g/mol. The number of rotatable bonds is 7. The number of anilines is 3. The van der Waals surface area contributed by atoms with Crippen LogP contribution < -0.4 is 15.0 Å². The smallest absolute Gasteiger partial charge is 0.227 e. The Bertz CT molecular complexity index is 1240. The molecule has 0 radical (unpaired) electrons. The van der Waals surface area contributed by atoms with Gasteiger partial charge in [0.1, 0.15) is 5.75 Å². The number of aromatic nitrogens is 2. The zero-order valence-electron chi connectivity index (χ0n) is 19.0. The van der Waals surface area contributed by atoms with Crippen molar-refractivity contribution in [3.05, 3.63) is 72.9 Å². The minimum Gasteiger partial charge on any atom is -0.497 e. The van der Waals surface area contributed by atoms with E-state index in [1.807, 2.05) is 36.5 Å². The number of methoxy groups -OCH3 is 2. The summed E-state index contributed by atoms with van der Waals surface area (Å²) in [5.41, 5.74) is 5.23. The van der Waals surface area contributed by atoms with Crippen LogP contribution in [0.25, 0.3) is 22.0 Å². The molecule has 6 heteroatoms. The SMILES string of the molecule is COCC1CCCN1c1cccc(Nc2ncc3cccc(-c4ccc(OC)cc4)c3n2)c1. The molecule has 168 valence electrons. The Kier molecular flexibility index (Phi) is 6.09. The lowest BCUT2D eigenvalue weighted by atomic mass is 10.0. The zero-order chi connectivity index (χ0) is 22.6. The van der Waals surface area contributed by atoms with Crippen LogP contribution in [0.15, 0.2) is 72.9 Å². The van der Waals surface area contributed by atoms with Gasteiger partial charge in [0, 0.05) is 42.2 Å². The molecule has 1 aromatic heterocycles. The molecule has 5 rings (SSSR count). The van der Waals surface area contributed by atoms with Crippen molar-refractivity contribution in [1.82, 2.24) is 9.97 Å². The fourth-order valence-corrected chi connectivity index (χ4v) is 4.55. The minimum absolute atomic E-state index is 0.425. The summed E-state index contributed by atoms with van der Waals surface area (Å²) in [6, 6.07) is 23.1. The lowest BCUT2D eigenvalue weighted by Crippen LogP contribution is -2.32. The molecule has 2 heterocycles. The molecule has 1 N–H and O–H groups in total. The zero-order valence-corrected chi connectivity index (χ0v) is 19.0. The number of fused-ring (bicyclic) bond motifs is 1. The molecule has 1 atom stereocenters. The average molecular weight is 441 g/mol. The summed E-state index contributed by atoms with van der Waals surface area (Å²) in [4.78, 5) is 11.9. The number of nitrogens with zero attached hydrogens (tertiary/aromatic N) is 3. The number of ether oxygens (including phenoxy) is 2. The average Bonchev–Trinajstić information content (AvgIpc) is 3.32. The summed E-state index contributed by atoms with van der Waals surface area (Å²) < 4.78 is 10.7. The highest BCUT2D eigenvalue weighted by Crippen LogP contribution is 2.31. The maximum atomic E-state index is 5.42. The number of hydrogen-bond acceptors (Lipinski definition) is 6. The van der Waals surface area contributed by atoms with Crippen LogP contribution in [0.3, 0.4) is 0 Å². The number of benzene rings is 3. The number of nitrogens with one attached hydrogen (secondary N) is 1. The van der Waals surface area contributed by atoms with E-state index in [2.05, 4.69) is 51.6 Å². The first-order chi connectivity index (χ1) is 16.2. The van der Waals surface area contributed by atoms with Crippen LogP contribution in [0.5, 0.6) is 5.75 Å². The van der Waals surface area contributed by atoms with E-state index in [9.17, 15) is 0 Å². The molecule has 6 nitrogen and oxygen atoms in total. The van der Waals surface area contributed by atoms with E-state index < -0.39 is 0 Å². The van der Waals surface area contributed by atoms with Crippen LogP contribution in [0.4, 0.5) is 17.3 Å². The predicted octanol–water partition coefficient (Wildman–Crippen LogP) is 5.66. The van der Waals surface area contributed by atoms with Gasteiger partial charge in [0.2, 0.25) is 5.95 Å². The Hall–Kier alpha value is -3.64. The van der Waals surface area contributed by atoms with E-state index in [1.54, 1.807) is 14.2 Å². The van der Waals surface area contributed by atoms with Gasteiger partial charge in [0.15, 0.2) is 0 Å². The largest absolute Gasteiger partial charge is 0.497 e. The van der Waals surface area contributed by atoms with Crippen molar-refractivity contribution in [3.63, 3.8) is 0 Å². The summed E-state index contributed by atoms with van der Waals surface area (Å²) in [6.07, 6.45) is 4.22. The molecular formula is C27H28N4O2. The second-order valence-corrected chi connectivity index (χ2v) is 8.29. The maximum absolute atomic E-state index is 5.42.